The highest BCUT2D eigenvalue weighted by atomic mass is 35.5. The molecule has 0 saturated carbocycles. The van der Waals surface area contributed by atoms with Crippen LogP contribution in [0, 0.1) is 6.92 Å². The number of carbonyl (C=O) groups excluding carboxylic acids is 1. The van der Waals surface area contributed by atoms with Gasteiger partial charge in [0, 0.05) is 10.7 Å². The zero-order valence-electron chi connectivity index (χ0n) is 16.2. The Morgan fingerprint density at radius 2 is 1.52 bits per heavy atom. The SMILES string of the molecule is Cc1ccc(C(C)(CS(=O)(=O)c2ccccc2)C(=O)Nc2ccc(Cl)cc2)cc1. The third-order valence-electron chi connectivity index (χ3n) is 4.87. The molecule has 0 saturated heterocycles. The molecule has 1 unspecified atom stereocenters. The number of halogens is 1. The largest absolute Gasteiger partial charge is 0.325 e. The van der Waals surface area contributed by atoms with Crippen molar-refractivity contribution in [2.75, 3.05) is 11.1 Å². The van der Waals surface area contributed by atoms with E-state index in [1.807, 2.05) is 19.1 Å². The van der Waals surface area contributed by atoms with Gasteiger partial charge in [-0.2, -0.15) is 0 Å². The standard InChI is InChI=1S/C23H22ClNO3S/c1-17-8-10-18(11-9-17)23(2,16-29(27,28)21-6-4-3-5-7-21)22(26)25-20-14-12-19(24)13-15-20/h3-15H,16H2,1-2H3,(H,25,26). The number of sulfone groups is 1. The van der Waals surface area contributed by atoms with Gasteiger partial charge in [0.25, 0.3) is 0 Å². The summed E-state index contributed by atoms with van der Waals surface area (Å²) in [6, 6.07) is 22.2. The minimum Gasteiger partial charge on any atom is -0.325 e. The highest BCUT2D eigenvalue weighted by Crippen LogP contribution is 2.30. The molecule has 1 amide bonds. The summed E-state index contributed by atoms with van der Waals surface area (Å²) in [7, 11) is -3.70. The van der Waals surface area contributed by atoms with Gasteiger partial charge in [0.2, 0.25) is 5.91 Å². The third-order valence-corrected chi connectivity index (χ3v) is 7.07. The lowest BCUT2D eigenvalue weighted by Gasteiger charge is -2.29. The van der Waals surface area contributed by atoms with E-state index in [0.29, 0.717) is 16.3 Å². The average Bonchev–Trinajstić information content (AvgIpc) is 2.70. The maximum atomic E-state index is 13.3. The lowest BCUT2D eigenvalue weighted by atomic mass is 9.83. The number of hydrogen-bond acceptors (Lipinski definition) is 3. The third kappa shape index (κ3) is 4.86. The summed E-state index contributed by atoms with van der Waals surface area (Å²) in [6.45, 7) is 3.60. The maximum absolute atomic E-state index is 13.3. The predicted molar refractivity (Wildman–Crippen MR) is 117 cm³/mol. The fourth-order valence-corrected chi connectivity index (χ4v) is 5.02. The van der Waals surface area contributed by atoms with Crippen molar-refractivity contribution in [1.29, 1.82) is 0 Å². The highest BCUT2D eigenvalue weighted by molar-refractivity contribution is 7.91. The van der Waals surface area contributed by atoms with Gasteiger partial charge in [-0.3, -0.25) is 4.79 Å². The van der Waals surface area contributed by atoms with E-state index in [1.165, 1.54) is 0 Å². The minimum absolute atomic E-state index is 0.192. The summed E-state index contributed by atoms with van der Waals surface area (Å²) >= 11 is 5.91. The Hall–Kier alpha value is -2.63. The molecule has 3 rings (SSSR count). The number of amides is 1. The first-order valence-electron chi connectivity index (χ1n) is 9.13. The van der Waals surface area contributed by atoms with E-state index in [0.717, 1.165) is 5.56 Å². The molecule has 0 aliphatic heterocycles. The summed E-state index contributed by atoms with van der Waals surface area (Å²) in [5, 5.41) is 3.39. The number of carbonyl (C=O) groups is 1. The molecule has 0 heterocycles. The monoisotopic (exact) mass is 427 g/mol. The molecule has 1 atom stereocenters. The van der Waals surface area contributed by atoms with Crippen molar-refractivity contribution in [3.8, 4) is 0 Å². The number of anilines is 1. The number of nitrogens with one attached hydrogen (secondary N) is 1. The van der Waals surface area contributed by atoms with Crippen LogP contribution in [0.3, 0.4) is 0 Å². The average molecular weight is 428 g/mol. The van der Waals surface area contributed by atoms with Gasteiger partial charge in [-0.05, 0) is 55.8 Å². The lowest BCUT2D eigenvalue weighted by molar-refractivity contribution is -0.120. The van der Waals surface area contributed by atoms with Gasteiger partial charge in [0.1, 0.15) is 0 Å². The van der Waals surface area contributed by atoms with Crippen molar-refractivity contribution in [2.24, 2.45) is 0 Å². The van der Waals surface area contributed by atoms with Crippen LogP contribution in [-0.4, -0.2) is 20.1 Å². The molecule has 0 bridgehead atoms. The van der Waals surface area contributed by atoms with E-state index >= 15 is 0 Å². The molecule has 29 heavy (non-hydrogen) atoms. The number of aryl methyl sites for hydroxylation is 1. The topological polar surface area (TPSA) is 63.2 Å². The smallest absolute Gasteiger partial charge is 0.235 e. The van der Waals surface area contributed by atoms with E-state index in [9.17, 15) is 13.2 Å². The second-order valence-corrected chi connectivity index (χ2v) is 9.66. The van der Waals surface area contributed by atoms with E-state index < -0.39 is 21.2 Å². The lowest BCUT2D eigenvalue weighted by Crippen LogP contribution is -2.43. The zero-order chi connectivity index (χ0) is 21.1. The van der Waals surface area contributed by atoms with Crippen LogP contribution >= 0.6 is 11.6 Å². The molecular formula is C23H22ClNO3S. The molecule has 3 aromatic carbocycles. The van der Waals surface area contributed by atoms with Crippen LogP contribution in [0.5, 0.6) is 0 Å². The molecule has 0 aliphatic carbocycles. The van der Waals surface area contributed by atoms with Gasteiger partial charge in [-0.25, -0.2) is 8.42 Å². The quantitative estimate of drug-likeness (QED) is 0.600. The van der Waals surface area contributed by atoms with Gasteiger partial charge >= 0.3 is 0 Å². The van der Waals surface area contributed by atoms with Gasteiger partial charge < -0.3 is 5.32 Å². The molecule has 1 N–H and O–H groups in total. The van der Waals surface area contributed by atoms with E-state index in [2.05, 4.69) is 5.32 Å². The molecule has 6 heteroatoms. The molecule has 0 aliphatic rings. The van der Waals surface area contributed by atoms with Crippen molar-refractivity contribution in [1.82, 2.24) is 0 Å². The van der Waals surface area contributed by atoms with Crippen LogP contribution in [0.2, 0.25) is 5.02 Å². The summed E-state index contributed by atoms with van der Waals surface area (Å²) in [5.74, 6) is -0.754. The van der Waals surface area contributed by atoms with Crippen molar-refractivity contribution in [3.05, 3.63) is 95.0 Å². The van der Waals surface area contributed by atoms with Gasteiger partial charge in [-0.15, -0.1) is 0 Å². The highest BCUT2D eigenvalue weighted by Gasteiger charge is 2.40. The zero-order valence-corrected chi connectivity index (χ0v) is 17.8. The Morgan fingerprint density at radius 3 is 2.10 bits per heavy atom. The first-order chi connectivity index (χ1) is 13.7. The summed E-state index contributed by atoms with van der Waals surface area (Å²) < 4.78 is 26.2. The Morgan fingerprint density at radius 1 is 0.931 bits per heavy atom. The first-order valence-corrected chi connectivity index (χ1v) is 11.2. The van der Waals surface area contributed by atoms with Gasteiger partial charge in [-0.1, -0.05) is 59.6 Å². The van der Waals surface area contributed by atoms with Crippen LogP contribution in [0.15, 0.2) is 83.8 Å². The molecule has 4 nitrogen and oxygen atoms in total. The Labute approximate surface area is 176 Å². The Kier molecular flexibility index (Phi) is 6.10. The second-order valence-electron chi connectivity index (χ2n) is 7.23. The normalized spacial score (nSPS) is 13.5. The van der Waals surface area contributed by atoms with Crippen molar-refractivity contribution < 1.29 is 13.2 Å². The van der Waals surface area contributed by atoms with Crippen LogP contribution in [0.25, 0.3) is 0 Å². The van der Waals surface area contributed by atoms with Crippen LogP contribution in [0.1, 0.15) is 18.1 Å². The van der Waals surface area contributed by atoms with E-state index in [4.69, 9.17) is 11.6 Å². The van der Waals surface area contributed by atoms with Crippen molar-refractivity contribution in [3.63, 3.8) is 0 Å². The van der Waals surface area contributed by atoms with E-state index in [1.54, 1.807) is 73.7 Å². The summed E-state index contributed by atoms with van der Waals surface area (Å²) in [4.78, 5) is 13.5. The number of rotatable bonds is 6. The first kappa shape index (κ1) is 21.1. The number of hydrogen-bond donors (Lipinski definition) is 1. The van der Waals surface area contributed by atoms with Crippen molar-refractivity contribution in [2.45, 2.75) is 24.2 Å². The molecular weight excluding hydrogens is 406 g/mol. The molecule has 150 valence electrons. The predicted octanol–water partition coefficient (Wildman–Crippen LogP) is 5.02. The summed E-state index contributed by atoms with van der Waals surface area (Å²) in [5.41, 5.74) is 0.922. The number of benzene rings is 3. The second kappa shape index (κ2) is 8.39. The Balaban J connectivity index is 2.00. The summed E-state index contributed by atoms with van der Waals surface area (Å²) in [6.07, 6.45) is 0. The maximum Gasteiger partial charge on any atom is 0.235 e. The fourth-order valence-electron chi connectivity index (χ4n) is 3.09. The minimum atomic E-state index is -3.70. The molecule has 0 aromatic heterocycles. The van der Waals surface area contributed by atoms with Crippen LogP contribution < -0.4 is 5.32 Å². The van der Waals surface area contributed by atoms with Gasteiger partial charge in [0.05, 0.1) is 16.1 Å². The van der Waals surface area contributed by atoms with Gasteiger partial charge in [0.15, 0.2) is 9.84 Å². The fraction of sp³-hybridized carbons (Fsp3) is 0.174. The molecule has 0 spiro atoms. The van der Waals surface area contributed by atoms with E-state index in [-0.39, 0.29) is 10.6 Å². The Bertz CT molecular complexity index is 1100. The van der Waals surface area contributed by atoms with Crippen molar-refractivity contribution >= 4 is 33.0 Å². The van der Waals surface area contributed by atoms with Crippen LogP contribution in [-0.2, 0) is 20.0 Å². The van der Waals surface area contributed by atoms with Crippen LogP contribution in [0.4, 0.5) is 5.69 Å². The molecule has 0 fully saturated rings. The molecule has 3 aromatic rings. The molecule has 0 radical (unpaired) electrons.